The van der Waals surface area contributed by atoms with Crippen LogP contribution in [-0.2, 0) is 23.8 Å². The Bertz CT molecular complexity index is 1010. The Kier molecular flexibility index (Phi) is 46.9. The van der Waals surface area contributed by atoms with E-state index in [9.17, 15) is 9.59 Å². The van der Waals surface area contributed by atoms with E-state index in [0.29, 0.717) is 19.4 Å². The molecule has 0 aromatic heterocycles. The van der Waals surface area contributed by atoms with E-state index in [2.05, 4.69) is 81.5 Å². The molecule has 5 heteroatoms. The van der Waals surface area contributed by atoms with Gasteiger partial charge in [-0.05, 0) is 83.5 Å². The van der Waals surface area contributed by atoms with Gasteiger partial charge >= 0.3 is 11.9 Å². The average Bonchev–Trinajstić information content (AvgIpc) is 3.22. The summed E-state index contributed by atoms with van der Waals surface area (Å²) in [6, 6.07) is 0. The Hall–Kier alpha value is -2.40. The number of carbonyl (C=O) groups is 2. The van der Waals surface area contributed by atoms with Gasteiger partial charge in [0.25, 0.3) is 0 Å². The molecule has 0 aromatic carbocycles. The lowest BCUT2D eigenvalue weighted by Crippen LogP contribution is -2.30. The van der Waals surface area contributed by atoms with Gasteiger partial charge in [0, 0.05) is 19.4 Å². The van der Waals surface area contributed by atoms with E-state index in [-0.39, 0.29) is 25.2 Å². The van der Waals surface area contributed by atoms with Crippen molar-refractivity contribution in [2.75, 3.05) is 19.8 Å². The lowest BCUT2D eigenvalue weighted by atomic mass is 10.1. The molecule has 58 heavy (non-hydrogen) atoms. The number of hydrogen-bond acceptors (Lipinski definition) is 5. The zero-order valence-electron chi connectivity index (χ0n) is 38.6. The number of carbonyl (C=O) groups excluding carboxylic acids is 2. The largest absolute Gasteiger partial charge is 0.462 e. The summed E-state index contributed by atoms with van der Waals surface area (Å²) in [5.74, 6) is -0.415. The number of rotatable bonds is 45. The van der Waals surface area contributed by atoms with Crippen LogP contribution in [0.4, 0.5) is 0 Å². The summed E-state index contributed by atoms with van der Waals surface area (Å²) in [5.41, 5.74) is 0. The van der Waals surface area contributed by atoms with Crippen LogP contribution in [0, 0.1) is 0 Å². The van der Waals surface area contributed by atoms with Crippen molar-refractivity contribution in [1.29, 1.82) is 0 Å². The number of esters is 2. The molecule has 0 amide bonds. The lowest BCUT2D eigenvalue weighted by molar-refractivity contribution is -0.163. The predicted molar refractivity (Wildman–Crippen MR) is 251 cm³/mol. The molecule has 0 heterocycles. The van der Waals surface area contributed by atoms with Crippen molar-refractivity contribution in [2.24, 2.45) is 0 Å². The molecular formula is C53H94O5. The summed E-state index contributed by atoms with van der Waals surface area (Å²) >= 11 is 0. The van der Waals surface area contributed by atoms with Gasteiger partial charge in [-0.2, -0.15) is 0 Å². The summed E-state index contributed by atoms with van der Waals surface area (Å²) in [6.45, 7) is 7.66. The van der Waals surface area contributed by atoms with E-state index in [0.717, 1.165) is 77.0 Å². The predicted octanol–water partition coefficient (Wildman–Crippen LogP) is 16.6. The van der Waals surface area contributed by atoms with Crippen LogP contribution in [0.15, 0.2) is 60.8 Å². The Morgan fingerprint density at radius 1 is 0.397 bits per heavy atom. The number of hydrogen-bond donors (Lipinski definition) is 0. The summed E-state index contributed by atoms with van der Waals surface area (Å²) in [6.07, 6.45) is 60.8. The highest BCUT2D eigenvalue weighted by molar-refractivity contribution is 5.70. The Morgan fingerprint density at radius 2 is 0.776 bits per heavy atom. The molecule has 0 aromatic rings. The second kappa shape index (κ2) is 49.0. The van der Waals surface area contributed by atoms with Crippen molar-refractivity contribution in [3.05, 3.63) is 60.8 Å². The van der Waals surface area contributed by atoms with Crippen LogP contribution in [0.5, 0.6) is 0 Å². The van der Waals surface area contributed by atoms with Crippen LogP contribution in [0.2, 0.25) is 0 Å². The second-order valence-electron chi connectivity index (χ2n) is 16.3. The Morgan fingerprint density at radius 3 is 1.28 bits per heavy atom. The van der Waals surface area contributed by atoms with Gasteiger partial charge in [-0.15, -0.1) is 0 Å². The third-order valence-corrected chi connectivity index (χ3v) is 10.5. The highest BCUT2D eigenvalue weighted by Gasteiger charge is 2.17. The van der Waals surface area contributed by atoms with Gasteiger partial charge in [-0.3, -0.25) is 9.59 Å². The maximum Gasteiger partial charge on any atom is 0.306 e. The van der Waals surface area contributed by atoms with Gasteiger partial charge in [0.05, 0.1) is 6.61 Å². The molecule has 1 atom stereocenters. The van der Waals surface area contributed by atoms with Crippen molar-refractivity contribution >= 4 is 11.9 Å². The first-order chi connectivity index (χ1) is 28.6. The number of allylic oxidation sites excluding steroid dienone is 10. The zero-order valence-corrected chi connectivity index (χ0v) is 38.6. The molecule has 0 fully saturated rings. The van der Waals surface area contributed by atoms with Gasteiger partial charge in [-0.25, -0.2) is 0 Å². The van der Waals surface area contributed by atoms with E-state index in [1.807, 2.05) is 0 Å². The monoisotopic (exact) mass is 811 g/mol. The molecule has 0 bridgehead atoms. The lowest BCUT2D eigenvalue weighted by Gasteiger charge is -2.18. The molecule has 0 saturated heterocycles. The third-order valence-electron chi connectivity index (χ3n) is 10.5. The van der Waals surface area contributed by atoms with Crippen LogP contribution in [-0.4, -0.2) is 37.9 Å². The second-order valence-corrected chi connectivity index (χ2v) is 16.3. The van der Waals surface area contributed by atoms with Crippen molar-refractivity contribution in [1.82, 2.24) is 0 Å². The van der Waals surface area contributed by atoms with Crippen molar-refractivity contribution in [2.45, 2.75) is 245 Å². The Labute approximate surface area is 360 Å². The molecule has 0 aliphatic rings. The standard InChI is InChI=1S/C53H94O5/c1-4-7-10-13-16-19-21-23-25-26-27-29-31-33-36-39-42-45-48-56-49-51(58-53(55)47-44-41-38-34-18-15-12-9-6-3)50-57-52(54)46-43-40-37-35-32-30-28-24-22-20-17-14-11-8-5-2/h7,10,16-17,19-20,23-25,28,51H,4-6,8-9,11-15,18,21-22,26-27,29-50H2,1-3H3/b10-7-,19-16-,20-17-,25-23-,28-24-. The SMILES string of the molecule is CC/C=C\C/C=C\C/C=C\CCCCCCCCCCOCC(COC(=O)CCCCCCC/C=C\C/C=C\CCCCC)OC(=O)CCCCCCCCCCC. The molecule has 1 unspecified atom stereocenters. The number of unbranched alkanes of at least 4 members (excludes halogenated alkanes) is 24. The molecule has 0 saturated carbocycles. The van der Waals surface area contributed by atoms with Crippen molar-refractivity contribution < 1.29 is 23.8 Å². The first-order valence-electron chi connectivity index (χ1n) is 24.8. The van der Waals surface area contributed by atoms with Crippen LogP contribution >= 0.6 is 0 Å². The summed E-state index contributed by atoms with van der Waals surface area (Å²) in [5, 5.41) is 0. The van der Waals surface area contributed by atoms with Crippen molar-refractivity contribution in [3.63, 3.8) is 0 Å². The minimum absolute atomic E-state index is 0.0758. The molecule has 0 rings (SSSR count). The topological polar surface area (TPSA) is 61.8 Å². The van der Waals surface area contributed by atoms with Crippen LogP contribution in [0.3, 0.4) is 0 Å². The highest BCUT2D eigenvalue weighted by Crippen LogP contribution is 2.14. The quantitative estimate of drug-likeness (QED) is 0.0348. The van der Waals surface area contributed by atoms with Gasteiger partial charge in [0.2, 0.25) is 0 Å². The molecule has 5 nitrogen and oxygen atoms in total. The van der Waals surface area contributed by atoms with Crippen LogP contribution in [0.1, 0.15) is 239 Å². The van der Waals surface area contributed by atoms with E-state index >= 15 is 0 Å². The molecule has 0 spiro atoms. The fourth-order valence-electron chi connectivity index (χ4n) is 6.85. The number of ether oxygens (including phenoxy) is 3. The minimum Gasteiger partial charge on any atom is -0.462 e. The molecule has 0 aliphatic carbocycles. The molecule has 0 N–H and O–H groups in total. The van der Waals surface area contributed by atoms with E-state index < -0.39 is 6.10 Å². The maximum atomic E-state index is 12.7. The smallest absolute Gasteiger partial charge is 0.306 e. The maximum absolute atomic E-state index is 12.7. The average molecular weight is 811 g/mol. The first-order valence-corrected chi connectivity index (χ1v) is 24.8. The van der Waals surface area contributed by atoms with E-state index in [4.69, 9.17) is 14.2 Å². The summed E-state index contributed by atoms with van der Waals surface area (Å²) in [7, 11) is 0. The zero-order chi connectivity index (χ0) is 42.1. The molecule has 0 aliphatic heterocycles. The molecular weight excluding hydrogens is 717 g/mol. The summed E-state index contributed by atoms with van der Waals surface area (Å²) < 4.78 is 17.3. The molecule has 336 valence electrons. The Balaban J connectivity index is 4.22. The van der Waals surface area contributed by atoms with Gasteiger partial charge in [0.1, 0.15) is 6.61 Å². The summed E-state index contributed by atoms with van der Waals surface area (Å²) in [4.78, 5) is 25.3. The van der Waals surface area contributed by atoms with Gasteiger partial charge in [-0.1, -0.05) is 204 Å². The van der Waals surface area contributed by atoms with E-state index in [1.54, 1.807) is 0 Å². The van der Waals surface area contributed by atoms with Gasteiger partial charge in [0.15, 0.2) is 6.10 Å². The molecule has 0 radical (unpaired) electrons. The van der Waals surface area contributed by atoms with Crippen LogP contribution in [0.25, 0.3) is 0 Å². The van der Waals surface area contributed by atoms with Gasteiger partial charge < -0.3 is 14.2 Å². The normalized spacial score (nSPS) is 12.7. The highest BCUT2D eigenvalue weighted by atomic mass is 16.6. The van der Waals surface area contributed by atoms with E-state index in [1.165, 1.54) is 128 Å². The fourth-order valence-corrected chi connectivity index (χ4v) is 6.85. The van der Waals surface area contributed by atoms with Crippen molar-refractivity contribution in [3.8, 4) is 0 Å². The third kappa shape index (κ3) is 46.3. The fraction of sp³-hybridized carbons (Fsp3) is 0.774. The minimum atomic E-state index is -0.543. The first kappa shape index (κ1) is 55.6. The van der Waals surface area contributed by atoms with Crippen LogP contribution < -0.4 is 0 Å².